The van der Waals surface area contributed by atoms with Gasteiger partial charge in [0, 0.05) is 25.4 Å². The van der Waals surface area contributed by atoms with E-state index in [0.29, 0.717) is 12.2 Å². The maximum absolute atomic E-state index is 11.4. The van der Waals surface area contributed by atoms with E-state index in [1.165, 1.54) is 6.07 Å². The minimum Gasteiger partial charge on any atom is -0.380 e. The number of primary sulfonamides is 1. The van der Waals surface area contributed by atoms with Gasteiger partial charge in [0.1, 0.15) is 4.90 Å². The molecular formula is C11H14N4O2S. The maximum Gasteiger partial charge on any atom is 0.240 e. The molecule has 0 bridgehead atoms. The van der Waals surface area contributed by atoms with Crippen LogP contribution in [0, 0.1) is 0 Å². The molecule has 3 N–H and O–H groups in total. The third-order valence-electron chi connectivity index (χ3n) is 2.43. The lowest BCUT2D eigenvalue weighted by Gasteiger charge is -2.09. The van der Waals surface area contributed by atoms with Gasteiger partial charge in [-0.15, -0.1) is 0 Å². The number of nitrogens with zero attached hydrogens (tertiary/aromatic N) is 2. The number of benzene rings is 1. The van der Waals surface area contributed by atoms with Crippen LogP contribution in [0.25, 0.3) is 0 Å². The molecule has 0 aliphatic rings. The molecular weight excluding hydrogens is 252 g/mol. The van der Waals surface area contributed by atoms with Crippen LogP contribution in [0.2, 0.25) is 0 Å². The number of para-hydroxylation sites is 1. The number of aromatic nitrogens is 2. The second kappa shape index (κ2) is 4.79. The van der Waals surface area contributed by atoms with E-state index < -0.39 is 10.0 Å². The molecule has 0 aliphatic carbocycles. The van der Waals surface area contributed by atoms with Gasteiger partial charge in [-0.2, -0.15) is 5.10 Å². The summed E-state index contributed by atoms with van der Waals surface area (Å²) in [4.78, 5) is 0.0916. The molecule has 0 unspecified atom stereocenters. The van der Waals surface area contributed by atoms with Crippen LogP contribution in [0.15, 0.2) is 41.6 Å². The molecule has 0 saturated carbocycles. The number of rotatable bonds is 4. The molecule has 0 radical (unpaired) electrons. The largest absolute Gasteiger partial charge is 0.380 e. The monoisotopic (exact) mass is 266 g/mol. The Balaban J connectivity index is 2.20. The van der Waals surface area contributed by atoms with Gasteiger partial charge >= 0.3 is 0 Å². The first-order valence-electron chi connectivity index (χ1n) is 5.30. The van der Waals surface area contributed by atoms with Crippen LogP contribution in [-0.4, -0.2) is 18.2 Å². The molecule has 1 aromatic heterocycles. The van der Waals surface area contributed by atoms with Crippen LogP contribution in [-0.2, 0) is 23.6 Å². The van der Waals surface area contributed by atoms with Gasteiger partial charge in [0.25, 0.3) is 0 Å². The molecule has 0 fully saturated rings. The summed E-state index contributed by atoms with van der Waals surface area (Å²) in [6.45, 7) is 0.486. The van der Waals surface area contributed by atoms with Crippen LogP contribution in [0.5, 0.6) is 0 Å². The van der Waals surface area contributed by atoms with Crippen molar-refractivity contribution in [3.63, 3.8) is 0 Å². The first kappa shape index (κ1) is 12.6. The molecule has 0 aliphatic heterocycles. The van der Waals surface area contributed by atoms with Crippen molar-refractivity contribution in [2.45, 2.75) is 11.4 Å². The van der Waals surface area contributed by atoms with Crippen molar-refractivity contribution in [1.29, 1.82) is 0 Å². The van der Waals surface area contributed by atoms with Crippen molar-refractivity contribution in [2.24, 2.45) is 12.2 Å². The Kier molecular flexibility index (Phi) is 3.35. The molecule has 0 atom stereocenters. The summed E-state index contributed by atoms with van der Waals surface area (Å²) in [5.74, 6) is 0. The summed E-state index contributed by atoms with van der Waals surface area (Å²) < 4.78 is 24.5. The molecule has 7 heteroatoms. The molecule has 96 valence electrons. The van der Waals surface area contributed by atoms with Gasteiger partial charge in [0.15, 0.2) is 0 Å². The van der Waals surface area contributed by atoms with Crippen molar-refractivity contribution in [1.82, 2.24) is 9.78 Å². The van der Waals surface area contributed by atoms with Gasteiger partial charge in [-0.25, -0.2) is 13.6 Å². The molecule has 1 heterocycles. The Morgan fingerprint density at radius 2 is 2.11 bits per heavy atom. The van der Waals surface area contributed by atoms with Crippen LogP contribution >= 0.6 is 0 Å². The zero-order valence-electron chi connectivity index (χ0n) is 9.87. The Bertz CT molecular complexity index is 649. The Hall–Kier alpha value is -1.86. The molecule has 0 spiro atoms. The van der Waals surface area contributed by atoms with E-state index in [4.69, 9.17) is 5.14 Å². The van der Waals surface area contributed by atoms with Gasteiger partial charge in [0.2, 0.25) is 10.0 Å². The quantitative estimate of drug-likeness (QED) is 0.851. The minimum atomic E-state index is -3.72. The number of sulfonamides is 1. The normalized spacial score (nSPS) is 11.4. The molecule has 18 heavy (non-hydrogen) atoms. The molecule has 1 aromatic carbocycles. The zero-order chi connectivity index (χ0) is 13.2. The van der Waals surface area contributed by atoms with Crippen LogP contribution < -0.4 is 10.5 Å². The van der Waals surface area contributed by atoms with E-state index in [0.717, 1.165) is 5.56 Å². The van der Waals surface area contributed by atoms with E-state index in [1.54, 1.807) is 29.1 Å². The van der Waals surface area contributed by atoms with E-state index in [1.807, 2.05) is 13.2 Å². The van der Waals surface area contributed by atoms with E-state index in [2.05, 4.69) is 10.4 Å². The summed E-state index contributed by atoms with van der Waals surface area (Å²) in [5.41, 5.74) is 1.45. The number of nitrogens with two attached hydrogens (primary N) is 1. The highest BCUT2D eigenvalue weighted by molar-refractivity contribution is 7.89. The van der Waals surface area contributed by atoms with E-state index in [9.17, 15) is 8.42 Å². The lowest BCUT2D eigenvalue weighted by Crippen LogP contribution is -2.14. The van der Waals surface area contributed by atoms with Crippen molar-refractivity contribution < 1.29 is 8.42 Å². The summed E-state index contributed by atoms with van der Waals surface area (Å²) in [7, 11) is -1.89. The van der Waals surface area contributed by atoms with E-state index >= 15 is 0 Å². The predicted molar refractivity (Wildman–Crippen MR) is 68.3 cm³/mol. The van der Waals surface area contributed by atoms with Crippen LogP contribution in [0.4, 0.5) is 5.69 Å². The second-order valence-electron chi connectivity index (χ2n) is 3.92. The van der Waals surface area contributed by atoms with Gasteiger partial charge in [-0.1, -0.05) is 12.1 Å². The lowest BCUT2D eigenvalue weighted by atomic mass is 10.3. The third kappa shape index (κ3) is 2.88. The molecule has 0 amide bonds. The van der Waals surface area contributed by atoms with E-state index in [-0.39, 0.29) is 4.90 Å². The van der Waals surface area contributed by atoms with Gasteiger partial charge in [-0.05, 0) is 12.1 Å². The van der Waals surface area contributed by atoms with Gasteiger partial charge < -0.3 is 5.32 Å². The van der Waals surface area contributed by atoms with Gasteiger partial charge in [-0.3, -0.25) is 4.68 Å². The Morgan fingerprint density at radius 1 is 1.39 bits per heavy atom. The SMILES string of the molecule is Cn1cc(CNc2ccccc2S(N)(=O)=O)cn1. The van der Waals surface area contributed by atoms with Gasteiger partial charge in [0.05, 0.1) is 11.9 Å². The predicted octanol–water partition coefficient (Wildman–Crippen LogP) is 0.680. The number of hydrogen-bond donors (Lipinski definition) is 2. The summed E-state index contributed by atoms with van der Waals surface area (Å²) in [6, 6.07) is 6.53. The highest BCUT2D eigenvalue weighted by atomic mass is 32.2. The van der Waals surface area contributed by atoms with Crippen molar-refractivity contribution in [3.8, 4) is 0 Å². The zero-order valence-corrected chi connectivity index (χ0v) is 10.7. The number of hydrogen-bond acceptors (Lipinski definition) is 4. The topological polar surface area (TPSA) is 90.0 Å². The molecule has 0 saturated heterocycles. The first-order chi connectivity index (χ1) is 8.47. The smallest absolute Gasteiger partial charge is 0.240 e. The minimum absolute atomic E-state index is 0.0916. The fraction of sp³-hybridized carbons (Fsp3) is 0.182. The molecule has 2 aromatic rings. The van der Waals surface area contributed by atoms with Crippen molar-refractivity contribution >= 4 is 15.7 Å². The second-order valence-corrected chi connectivity index (χ2v) is 5.45. The summed E-state index contributed by atoms with van der Waals surface area (Å²) in [6.07, 6.45) is 3.57. The molecule has 6 nitrogen and oxygen atoms in total. The standard InChI is InChI=1S/C11H14N4O2S/c1-15-8-9(7-14-15)6-13-10-4-2-3-5-11(10)18(12,16)17/h2-5,7-8,13H,6H2,1H3,(H2,12,16,17). The number of aryl methyl sites for hydroxylation is 1. The average Bonchev–Trinajstić information content (AvgIpc) is 2.72. The third-order valence-corrected chi connectivity index (χ3v) is 3.40. The van der Waals surface area contributed by atoms with Crippen molar-refractivity contribution in [3.05, 3.63) is 42.2 Å². The summed E-state index contributed by atoms with van der Waals surface area (Å²) in [5, 5.41) is 12.2. The Labute approximate surface area is 105 Å². The lowest BCUT2D eigenvalue weighted by molar-refractivity contribution is 0.598. The fourth-order valence-electron chi connectivity index (χ4n) is 1.62. The van der Waals surface area contributed by atoms with Crippen molar-refractivity contribution in [2.75, 3.05) is 5.32 Å². The van der Waals surface area contributed by atoms with Crippen LogP contribution in [0.3, 0.4) is 0 Å². The highest BCUT2D eigenvalue weighted by Crippen LogP contribution is 2.19. The number of anilines is 1. The maximum atomic E-state index is 11.4. The average molecular weight is 266 g/mol. The number of nitrogens with one attached hydrogen (secondary N) is 1. The highest BCUT2D eigenvalue weighted by Gasteiger charge is 2.12. The fourth-order valence-corrected chi connectivity index (χ4v) is 2.34. The molecule has 2 rings (SSSR count). The first-order valence-corrected chi connectivity index (χ1v) is 6.84. The Morgan fingerprint density at radius 3 is 2.72 bits per heavy atom. The summed E-state index contributed by atoms with van der Waals surface area (Å²) >= 11 is 0. The van der Waals surface area contributed by atoms with Crippen LogP contribution in [0.1, 0.15) is 5.56 Å².